The smallest absolute Gasteiger partial charge is 0.195 e. The van der Waals surface area contributed by atoms with E-state index in [9.17, 15) is 0 Å². The van der Waals surface area contributed by atoms with Crippen LogP contribution in [0.5, 0.6) is 0 Å². The van der Waals surface area contributed by atoms with E-state index < -0.39 is 0 Å². The Labute approximate surface area is 111 Å². The van der Waals surface area contributed by atoms with Crippen LogP contribution in [0.3, 0.4) is 0 Å². The summed E-state index contributed by atoms with van der Waals surface area (Å²) in [6.45, 7) is 0. The van der Waals surface area contributed by atoms with E-state index in [2.05, 4.69) is 14.8 Å². The number of nitrogens with zero attached hydrogens (tertiary/aromatic N) is 2. The summed E-state index contributed by atoms with van der Waals surface area (Å²) in [5.41, 5.74) is 1.09. The van der Waals surface area contributed by atoms with Crippen molar-refractivity contribution < 1.29 is 4.74 Å². The van der Waals surface area contributed by atoms with E-state index in [1.807, 2.05) is 30.3 Å². The average molecular weight is 261 g/mol. The van der Waals surface area contributed by atoms with Crippen LogP contribution in [0, 0.1) is 4.77 Å². The van der Waals surface area contributed by atoms with E-state index in [0.29, 0.717) is 10.8 Å². The van der Waals surface area contributed by atoms with E-state index in [1.54, 1.807) is 7.11 Å². The summed E-state index contributed by atoms with van der Waals surface area (Å²) in [6.07, 6.45) is 2.18. The Morgan fingerprint density at radius 2 is 2.11 bits per heavy atom. The Morgan fingerprint density at radius 1 is 1.39 bits per heavy atom. The normalized spacial score (nSPS) is 16.7. The van der Waals surface area contributed by atoms with Crippen LogP contribution >= 0.6 is 12.2 Å². The van der Waals surface area contributed by atoms with Gasteiger partial charge in [-0.05, 0) is 30.6 Å². The highest BCUT2D eigenvalue weighted by atomic mass is 32.1. The molecule has 0 aliphatic heterocycles. The van der Waals surface area contributed by atoms with Gasteiger partial charge in [-0.1, -0.05) is 30.3 Å². The molecule has 1 heterocycles. The molecule has 1 aromatic heterocycles. The third-order valence-corrected chi connectivity index (χ3v) is 3.50. The van der Waals surface area contributed by atoms with Gasteiger partial charge in [0.05, 0.1) is 0 Å². The zero-order valence-corrected chi connectivity index (χ0v) is 11.0. The third kappa shape index (κ3) is 2.00. The Hall–Kier alpha value is -1.46. The fourth-order valence-electron chi connectivity index (χ4n) is 2.21. The molecule has 18 heavy (non-hydrogen) atoms. The maximum Gasteiger partial charge on any atom is 0.195 e. The molecule has 1 unspecified atom stereocenters. The SMILES string of the molecule is COC(c1ccccc1)c1n[nH]c(=S)n1C1CC1. The van der Waals surface area contributed by atoms with E-state index in [-0.39, 0.29) is 6.10 Å². The lowest BCUT2D eigenvalue weighted by atomic mass is 10.1. The van der Waals surface area contributed by atoms with Crippen LogP contribution in [0.2, 0.25) is 0 Å². The van der Waals surface area contributed by atoms with Crippen molar-refractivity contribution in [2.24, 2.45) is 0 Å². The number of ether oxygens (including phenoxy) is 1. The number of benzene rings is 1. The maximum atomic E-state index is 5.60. The monoisotopic (exact) mass is 261 g/mol. The van der Waals surface area contributed by atoms with Crippen LogP contribution in [0.25, 0.3) is 0 Å². The van der Waals surface area contributed by atoms with Crippen LogP contribution in [-0.4, -0.2) is 21.9 Å². The molecule has 1 atom stereocenters. The Morgan fingerprint density at radius 3 is 2.72 bits per heavy atom. The summed E-state index contributed by atoms with van der Waals surface area (Å²) < 4.78 is 8.38. The van der Waals surface area contributed by atoms with Gasteiger partial charge in [0.15, 0.2) is 10.6 Å². The number of H-pyrrole nitrogens is 1. The number of hydrogen-bond acceptors (Lipinski definition) is 3. The molecular weight excluding hydrogens is 246 g/mol. The van der Waals surface area contributed by atoms with Gasteiger partial charge in [-0.15, -0.1) is 0 Å². The van der Waals surface area contributed by atoms with Crippen molar-refractivity contribution in [1.29, 1.82) is 0 Å². The zero-order valence-electron chi connectivity index (χ0n) is 10.2. The first-order valence-electron chi connectivity index (χ1n) is 6.06. The number of nitrogens with one attached hydrogen (secondary N) is 1. The fraction of sp³-hybridized carbons (Fsp3) is 0.385. The molecule has 0 saturated heterocycles. The number of hydrogen-bond donors (Lipinski definition) is 1. The molecule has 1 aliphatic rings. The van der Waals surface area contributed by atoms with Gasteiger partial charge < -0.3 is 4.74 Å². The lowest BCUT2D eigenvalue weighted by Gasteiger charge is -2.16. The number of rotatable bonds is 4. The van der Waals surface area contributed by atoms with E-state index in [4.69, 9.17) is 17.0 Å². The molecule has 1 saturated carbocycles. The van der Waals surface area contributed by atoms with Gasteiger partial charge in [-0.2, -0.15) is 5.10 Å². The van der Waals surface area contributed by atoms with Crippen molar-refractivity contribution in [2.75, 3.05) is 7.11 Å². The number of methoxy groups -OCH3 is 1. The van der Waals surface area contributed by atoms with E-state index in [1.165, 1.54) is 12.8 Å². The van der Waals surface area contributed by atoms with E-state index >= 15 is 0 Å². The second-order valence-corrected chi connectivity index (χ2v) is 4.90. The standard InChI is InChI=1S/C13H15N3OS/c1-17-11(9-5-3-2-4-6-9)12-14-15-13(18)16(12)10-7-8-10/h2-6,10-11H,7-8H2,1H3,(H,15,18). The summed E-state index contributed by atoms with van der Waals surface area (Å²) in [5, 5.41) is 7.22. The lowest BCUT2D eigenvalue weighted by Crippen LogP contribution is -2.11. The molecule has 1 N–H and O–H groups in total. The predicted molar refractivity (Wildman–Crippen MR) is 71.0 cm³/mol. The topological polar surface area (TPSA) is 42.8 Å². The lowest BCUT2D eigenvalue weighted by molar-refractivity contribution is 0.125. The van der Waals surface area contributed by atoms with Crippen LogP contribution in [0.4, 0.5) is 0 Å². The second-order valence-electron chi connectivity index (χ2n) is 4.51. The summed E-state index contributed by atoms with van der Waals surface area (Å²) in [4.78, 5) is 0. The van der Waals surface area contributed by atoms with Gasteiger partial charge in [0, 0.05) is 13.2 Å². The van der Waals surface area contributed by atoms with E-state index in [0.717, 1.165) is 11.4 Å². The molecule has 5 heteroatoms. The Kier molecular flexibility index (Phi) is 3.01. The van der Waals surface area contributed by atoms with Crippen molar-refractivity contribution in [3.63, 3.8) is 0 Å². The first-order chi connectivity index (χ1) is 8.81. The molecule has 1 aliphatic carbocycles. The highest BCUT2D eigenvalue weighted by Crippen LogP contribution is 2.38. The van der Waals surface area contributed by atoms with Gasteiger partial charge >= 0.3 is 0 Å². The van der Waals surface area contributed by atoms with Crippen LogP contribution in [0.15, 0.2) is 30.3 Å². The molecular formula is C13H15N3OS. The number of aromatic amines is 1. The molecule has 0 spiro atoms. The summed E-state index contributed by atoms with van der Waals surface area (Å²) in [5.74, 6) is 0.871. The van der Waals surface area contributed by atoms with Gasteiger partial charge in [0.2, 0.25) is 0 Å². The average Bonchev–Trinajstić information content (AvgIpc) is 3.17. The molecule has 2 aromatic rings. The van der Waals surface area contributed by atoms with Gasteiger partial charge in [-0.3, -0.25) is 9.67 Å². The quantitative estimate of drug-likeness (QED) is 0.860. The Bertz CT molecular complexity index is 586. The van der Waals surface area contributed by atoms with Gasteiger partial charge in [-0.25, -0.2) is 0 Å². The van der Waals surface area contributed by atoms with Gasteiger partial charge in [0.25, 0.3) is 0 Å². The van der Waals surface area contributed by atoms with Crippen molar-refractivity contribution in [3.8, 4) is 0 Å². The molecule has 0 amide bonds. The molecule has 0 bridgehead atoms. The van der Waals surface area contributed by atoms with Crippen molar-refractivity contribution in [2.45, 2.75) is 25.0 Å². The molecule has 4 nitrogen and oxygen atoms in total. The minimum absolute atomic E-state index is 0.167. The van der Waals surface area contributed by atoms with Crippen molar-refractivity contribution in [3.05, 3.63) is 46.5 Å². The summed E-state index contributed by atoms with van der Waals surface area (Å²) in [7, 11) is 1.70. The molecule has 1 fully saturated rings. The minimum atomic E-state index is -0.167. The first kappa shape index (κ1) is 11.6. The Balaban J connectivity index is 2.04. The summed E-state index contributed by atoms with van der Waals surface area (Å²) >= 11 is 5.30. The van der Waals surface area contributed by atoms with Crippen LogP contribution in [0.1, 0.15) is 36.4 Å². The largest absolute Gasteiger partial charge is 0.369 e. The van der Waals surface area contributed by atoms with Crippen LogP contribution in [-0.2, 0) is 4.74 Å². The number of aromatic nitrogens is 3. The predicted octanol–water partition coefficient (Wildman–Crippen LogP) is 3.01. The fourth-order valence-corrected chi connectivity index (χ4v) is 2.49. The molecule has 1 aromatic carbocycles. The minimum Gasteiger partial charge on any atom is -0.369 e. The zero-order chi connectivity index (χ0) is 12.5. The molecule has 0 radical (unpaired) electrons. The van der Waals surface area contributed by atoms with Crippen molar-refractivity contribution in [1.82, 2.24) is 14.8 Å². The maximum absolute atomic E-state index is 5.60. The molecule has 94 valence electrons. The third-order valence-electron chi connectivity index (χ3n) is 3.22. The molecule has 3 rings (SSSR count). The van der Waals surface area contributed by atoms with Gasteiger partial charge in [0.1, 0.15) is 6.10 Å². The first-order valence-corrected chi connectivity index (χ1v) is 6.46. The second kappa shape index (κ2) is 4.66. The highest BCUT2D eigenvalue weighted by Gasteiger charge is 2.30. The van der Waals surface area contributed by atoms with Crippen LogP contribution < -0.4 is 0 Å². The summed E-state index contributed by atoms with van der Waals surface area (Å²) in [6, 6.07) is 10.6. The van der Waals surface area contributed by atoms with Crippen molar-refractivity contribution >= 4 is 12.2 Å². The highest BCUT2D eigenvalue weighted by molar-refractivity contribution is 7.71.